The average molecular weight is 169 g/mol. The zero-order chi connectivity index (χ0) is 6.69. The predicted octanol–water partition coefficient (Wildman–Crippen LogP) is -3.67. The van der Waals surface area contributed by atoms with E-state index in [0.717, 1.165) is 0 Å². The number of tetrazole rings is 1. The van der Waals surface area contributed by atoms with Crippen LogP contribution in [0.5, 0.6) is 0 Å². The van der Waals surface area contributed by atoms with E-state index < -0.39 is 0 Å². The van der Waals surface area contributed by atoms with Gasteiger partial charge in [0, 0.05) is 0 Å². The number of H-pyrrole nitrogens is 1. The van der Waals surface area contributed by atoms with Crippen molar-refractivity contribution in [3.63, 3.8) is 0 Å². The molecule has 0 aliphatic carbocycles. The molecule has 0 atom stereocenters. The van der Waals surface area contributed by atoms with Gasteiger partial charge in [0.25, 0.3) is 0 Å². The van der Waals surface area contributed by atoms with Crippen molar-refractivity contribution in [3.05, 3.63) is 4.77 Å². The first kappa shape index (κ1) is 10.2. The molecule has 0 aliphatic heterocycles. The van der Waals surface area contributed by atoms with E-state index in [1.165, 1.54) is 4.68 Å². The van der Waals surface area contributed by atoms with Gasteiger partial charge in [0.1, 0.15) is 0 Å². The van der Waals surface area contributed by atoms with Crippen LogP contribution in [0.25, 0.3) is 0 Å². The summed E-state index contributed by atoms with van der Waals surface area (Å²) in [4.78, 5) is 0. The topological polar surface area (TPSA) is 66.7 Å². The van der Waals surface area contributed by atoms with Crippen molar-refractivity contribution >= 4 is 12.2 Å². The van der Waals surface area contributed by atoms with Gasteiger partial charge in [-0.2, -0.15) is 5.21 Å². The Morgan fingerprint density at radius 1 is 1.70 bits per heavy atom. The molecule has 0 amide bonds. The monoisotopic (exact) mass is 169 g/mol. The number of nitrogens with zero attached hydrogens (tertiary/aromatic N) is 3. The van der Waals surface area contributed by atoms with Crippen molar-refractivity contribution in [1.29, 1.82) is 0 Å². The number of aliphatic hydroxyl groups excluding tert-OH is 1. The third kappa shape index (κ3) is 2.47. The van der Waals surface area contributed by atoms with Gasteiger partial charge in [0.15, 0.2) is 0 Å². The molecule has 0 bridgehead atoms. The van der Waals surface area contributed by atoms with Gasteiger partial charge in [-0.1, -0.05) is 10.3 Å². The van der Waals surface area contributed by atoms with Gasteiger partial charge >= 0.3 is 29.6 Å². The van der Waals surface area contributed by atoms with Crippen molar-refractivity contribution in [2.24, 2.45) is 0 Å². The van der Waals surface area contributed by atoms with E-state index in [4.69, 9.17) is 17.3 Å². The quantitative estimate of drug-likeness (QED) is 0.353. The molecule has 1 aromatic rings. The molecule has 5 nitrogen and oxygen atoms in total. The molecule has 0 saturated heterocycles. The van der Waals surface area contributed by atoms with Crippen LogP contribution in [-0.4, -0.2) is 31.9 Å². The molecule has 1 rings (SSSR count). The number of nitrogens with one attached hydrogen (secondary N) is 1. The van der Waals surface area contributed by atoms with Gasteiger partial charge in [-0.3, -0.25) is 0 Å². The first-order valence-electron chi connectivity index (χ1n) is 2.43. The Labute approximate surface area is 84.7 Å². The maximum Gasteiger partial charge on any atom is 1.00 e. The molecule has 0 radical (unpaired) electrons. The van der Waals surface area contributed by atoms with E-state index in [1.807, 2.05) is 0 Å². The fourth-order valence-electron chi connectivity index (χ4n) is 0.462. The summed E-state index contributed by atoms with van der Waals surface area (Å²) in [5.74, 6) is 0. The molecule has 1 aromatic heterocycles. The Kier molecular flexibility index (Phi) is 5.10. The van der Waals surface area contributed by atoms with Crippen LogP contribution in [0, 0.1) is 4.77 Å². The predicted molar refractivity (Wildman–Crippen MR) is 32.3 cm³/mol. The average Bonchev–Trinajstić information content (AvgIpc) is 2.18. The second-order valence-corrected chi connectivity index (χ2v) is 1.82. The van der Waals surface area contributed by atoms with Crippen LogP contribution in [0.4, 0.5) is 0 Å². The summed E-state index contributed by atoms with van der Waals surface area (Å²) in [6.45, 7) is 0.462. The number of hydrogen-bond acceptors (Lipinski definition) is 4. The number of aromatic nitrogens is 4. The van der Waals surface area contributed by atoms with Gasteiger partial charge in [0.2, 0.25) is 4.77 Å². The molecule has 50 valence electrons. The summed E-state index contributed by atoms with van der Waals surface area (Å²) in [7, 11) is 0. The maximum absolute atomic E-state index is 8.42. The second kappa shape index (κ2) is 4.97. The minimum absolute atomic E-state index is 0. The van der Waals surface area contributed by atoms with E-state index in [9.17, 15) is 0 Å². The third-order valence-corrected chi connectivity index (χ3v) is 1.16. The van der Waals surface area contributed by atoms with Crippen molar-refractivity contribution < 1.29 is 34.7 Å². The maximum atomic E-state index is 8.42. The first-order chi connectivity index (χ1) is 4.34. The van der Waals surface area contributed by atoms with Crippen LogP contribution in [0.3, 0.4) is 0 Å². The minimum atomic E-state index is 0. The zero-order valence-electron chi connectivity index (χ0n) is 5.61. The zero-order valence-corrected chi connectivity index (χ0v) is 8.43. The SMILES string of the molecule is OCCn1[nH]nnc1=S.[Na+]. The van der Waals surface area contributed by atoms with Gasteiger partial charge in [0.05, 0.1) is 13.2 Å². The number of aromatic amines is 1. The van der Waals surface area contributed by atoms with Crippen LogP contribution in [0.2, 0.25) is 0 Å². The second-order valence-electron chi connectivity index (χ2n) is 1.46. The Hall–Kier alpha value is 0.250. The molecule has 7 heteroatoms. The summed E-state index contributed by atoms with van der Waals surface area (Å²) in [5.41, 5.74) is 0. The van der Waals surface area contributed by atoms with E-state index in [0.29, 0.717) is 11.3 Å². The van der Waals surface area contributed by atoms with Crippen LogP contribution in [-0.2, 0) is 6.54 Å². The smallest absolute Gasteiger partial charge is 0.394 e. The molecule has 0 saturated carbocycles. The first-order valence-corrected chi connectivity index (χ1v) is 2.84. The van der Waals surface area contributed by atoms with Crippen molar-refractivity contribution in [2.45, 2.75) is 6.54 Å². The van der Waals surface area contributed by atoms with Crippen LogP contribution < -0.4 is 29.6 Å². The Morgan fingerprint density at radius 3 is 2.80 bits per heavy atom. The summed E-state index contributed by atoms with van der Waals surface area (Å²) in [6.07, 6.45) is 0. The molecular formula is C3H6N4NaOS+. The van der Waals surface area contributed by atoms with Crippen molar-refractivity contribution in [3.8, 4) is 0 Å². The van der Waals surface area contributed by atoms with E-state index in [1.54, 1.807) is 0 Å². The summed E-state index contributed by atoms with van der Waals surface area (Å²) in [6, 6.07) is 0. The Balaban J connectivity index is 0.000000810. The fraction of sp³-hybridized carbons (Fsp3) is 0.667. The Morgan fingerprint density at radius 2 is 2.40 bits per heavy atom. The number of aliphatic hydroxyl groups is 1. The molecule has 10 heavy (non-hydrogen) atoms. The molecule has 1 heterocycles. The number of hydrogen-bond donors (Lipinski definition) is 2. The van der Waals surface area contributed by atoms with Crippen molar-refractivity contribution in [1.82, 2.24) is 20.2 Å². The van der Waals surface area contributed by atoms with Crippen LogP contribution in [0.15, 0.2) is 0 Å². The van der Waals surface area contributed by atoms with E-state index in [-0.39, 0.29) is 36.2 Å². The molecule has 2 N–H and O–H groups in total. The standard InChI is InChI=1S/C3H6N4OS.Na/c8-2-1-7-3(9)4-5-6-7;/h8H,1-2H2,(H,4,6,9);/q;+1. The third-order valence-electron chi connectivity index (χ3n) is 0.855. The van der Waals surface area contributed by atoms with Gasteiger partial charge < -0.3 is 5.11 Å². The summed E-state index contributed by atoms with van der Waals surface area (Å²) in [5, 5.41) is 17.8. The molecular weight excluding hydrogens is 163 g/mol. The summed E-state index contributed by atoms with van der Waals surface area (Å²) < 4.78 is 1.85. The molecule has 0 aliphatic rings. The normalized spacial score (nSPS) is 8.90. The number of rotatable bonds is 2. The fourth-order valence-corrected chi connectivity index (χ4v) is 0.634. The molecule has 0 unspecified atom stereocenters. The van der Waals surface area contributed by atoms with Gasteiger partial charge in [-0.15, -0.1) is 0 Å². The largest absolute Gasteiger partial charge is 1.00 e. The molecule has 0 spiro atoms. The van der Waals surface area contributed by atoms with E-state index in [2.05, 4.69) is 15.5 Å². The summed E-state index contributed by atoms with van der Waals surface area (Å²) >= 11 is 4.70. The molecule has 0 fully saturated rings. The van der Waals surface area contributed by atoms with E-state index >= 15 is 0 Å². The molecule has 0 aromatic carbocycles. The van der Waals surface area contributed by atoms with Crippen molar-refractivity contribution in [2.75, 3.05) is 6.61 Å². The van der Waals surface area contributed by atoms with Crippen LogP contribution >= 0.6 is 12.2 Å². The van der Waals surface area contributed by atoms with Gasteiger partial charge in [-0.05, 0) is 12.2 Å². The van der Waals surface area contributed by atoms with Gasteiger partial charge in [-0.25, -0.2) is 4.68 Å². The van der Waals surface area contributed by atoms with Crippen LogP contribution in [0.1, 0.15) is 0 Å². The minimum Gasteiger partial charge on any atom is -0.394 e. The Bertz CT molecular complexity index is 232.